The largest absolute Gasteiger partial charge is 0.480 e. The molecule has 1 aromatic heterocycles. The Hall–Kier alpha value is -1.47. The standard InChI is InChI=1S/C11H18N4O3/c16-5-1-4-15-7-9(13-14-15)10(11(17)18)12-6-8-2-3-8/h7-8,10,12,16H,1-6H2,(H,17,18). The van der Waals surface area contributed by atoms with E-state index in [-0.39, 0.29) is 6.61 Å². The number of aromatic nitrogens is 3. The average molecular weight is 254 g/mol. The zero-order valence-electron chi connectivity index (χ0n) is 10.1. The van der Waals surface area contributed by atoms with E-state index in [0.29, 0.717) is 31.1 Å². The summed E-state index contributed by atoms with van der Waals surface area (Å²) in [5, 5.41) is 28.6. The molecule has 0 radical (unpaired) electrons. The summed E-state index contributed by atoms with van der Waals surface area (Å²) in [7, 11) is 0. The quantitative estimate of drug-likeness (QED) is 0.593. The number of carbonyl (C=O) groups is 1. The van der Waals surface area contributed by atoms with Crippen molar-refractivity contribution in [2.24, 2.45) is 5.92 Å². The topological polar surface area (TPSA) is 100 Å². The number of carboxylic acid groups (broad SMARTS) is 1. The number of aliphatic hydroxyl groups is 1. The highest BCUT2D eigenvalue weighted by Crippen LogP contribution is 2.28. The molecule has 7 heteroatoms. The van der Waals surface area contributed by atoms with Gasteiger partial charge < -0.3 is 10.2 Å². The maximum atomic E-state index is 11.2. The molecular weight excluding hydrogens is 236 g/mol. The van der Waals surface area contributed by atoms with Crippen LogP contribution in [0.2, 0.25) is 0 Å². The molecule has 1 heterocycles. The van der Waals surface area contributed by atoms with Gasteiger partial charge in [-0.05, 0) is 31.7 Å². The first-order valence-corrected chi connectivity index (χ1v) is 6.17. The SMILES string of the molecule is O=C(O)C(NCC1CC1)c1cn(CCCO)nn1. The Morgan fingerprint density at radius 2 is 2.39 bits per heavy atom. The van der Waals surface area contributed by atoms with Gasteiger partial charge in [-0.15, -0.1) is 5.10 Å². The van der Waals surface area contributed by atoms with E-state index in [1.54, 1.807) is 10.9 Å². The molecule has 1 saturated carbocycles. The first-order valence-electron chi connectivity index (χ1n) is 6.17. The summed E-state index contributed by atoms with van der Waals surface area (Å²) >= 11 is 0. The van der Waals surface area contributed by atoms with E-state index in [9.17, 15) is 4.79 Å². The molecule has 0 amide bonds. The van der Waals surface area contributed by atoms with Crippen molar-refractivity contribution in [3.05, 3.63) is 11.9 Å². The van der Waals surface area contributed by atoms with Gasteiger partial charge in [0.25, 0.3) is 0 Å². The van der Waals surface area contributed by atoms with E-state index >= 15 is 0 Å². The van der Waals surface area contributed by atoms with Crippen molar-refractivity contribution >= 4 is 5.97 Å². The van der Waals surface area contributed by atoms with E-state index in [4.69, 9.17) is 10.2 Å². The molecule has 1 aliphatic carbocycles. The molecule has 1 unspecified atom stereocenters. The van der Waals surface area contributed by atoms with Crippen LogP contribution in [0.1, 0.15) is 31.0 Å². The minimum Gasteiger partial charge on any atom is -0.480 e. The van der Waals surface area contributed by atoms with Gasteiger partial charge in [-0.25, -0.2) is 0 Å². The number of aryl methyl sites for hydroxylation is 1. The Morgan fingerprint density at radius 3 is 3.00 bits per heavy atom. The highest BCUT2D eigenvalue weighted by molar-refractivity contribution is 5.74. The Kier molecular flexibility index (Phi) is 4.27. The summed E-state index contributed by atoms with van der Waals surface area (Å²) in [6.07, 6.45) is 4.54. The number of rotatable bonds is 8. The van der Waals surface area contributed by atoms with Crippen molar-refractivity contribution in [1.82, 2.24) is 20.3 Å². The molecule has 0 aliphatic heterocycles. The molecule has 1 atom stereocenters. The number of nitrogens with one attached hydrogen (secondary N) is 1. The second-order valence-corrected chi connectivity index (χ2v) is 4.61. The van der Waals surface area contributed by atoms with Gasteiger partial charge in [0.2, 0.25) is 0 Å². The number of nitrogens with zero attached hydrogens (tertiary/aromatic N) is 3. The zero-order valence-corrected chi connectivity index (χ0v) is 10.1. The van der Waals surface area contributed by atoms with Gasteiger partial charge in [-0.1, -0.05) is 5.21 Å². The van der Waals surface area contributed by atoms with Gasteiger partial charge in [0.05, 0.1) is 6.20 Å². The number of hydrogen-bond donors (Lipinski definition) is 3. The molecule has 18 heavy (non-hydrogen) atoms. The summed E-state index contributed by atoms with van der Waals surface area (Å²) < 4.78 is 1.56. The maximum absolute atomic E-state index is 11.2. The normalized spacial score (nSPS) is 16.7. The third-order valence-electron chi connectivity index (χ3n) is 2.95. The highest BCUT2D eigenvalue weighted by Gasteiger charge is 2.27. The molecule has 100 valence electrons. The third kappa shape index (κ3) is 3.51. The minimum absolute atomic E-state index is 0.0808. The predicted molar refractivity (Wildman–Crippen MR) is 62.8 cm³/mol. The molecular formula is C11H18N4O3. The lowest BCUT2D eigenvalue weighted by atomic mass is 10.2. The molecule has 2 rings (SSSR count). The Balaban J connectivity index is 1.95. The van der Waals surface area contributed by atoms with E-state index in [2.05, 4.69) is 15.6 Å². The van der Waals surface area contributed by atoms with Crippen molar-refractivity contribution in [3.63, 3.8) is 0 Å². The fraction of sp³-hybridized carbons (Fsp3) is 0.727. The summed E-state index contributed by atoms with van der Waals surface area (Å²) in [4.78, 5) is 11.2. The highest BCUT2D eigenvalue weighted by atomic mass is 16.4. The number of carboxylic acids is 1. The molecule has 0 aromatic carbocycles. The molecule has 1 fully saturated rings. The molecule has 0 saturated heterocycles. The van der Waals surface area contributed by atoms with Crippen LogP contribution in [0.25, 0.3) is 0 Å². The molecule has 7 nitrogen and oxygen atoms in total. The van der Waals surface area contributed by atoms with Crippen LogP contribution in [0.3, 0.4) is 0 Å². The van der Waals surface area contributed by atoms with Crippen LogP contribution in [0.5, 0.6) is 0 Å². The Morgan fingerprint density at radius 1 is 1.61 bits per heavy atom. The Bertz CT molecular complexity index is 403. The van der Waals surface area contributed by atoms with Gasteiger partial charge in [-0.3, -0.25) is 14.8 Å². The van der Waals surface area contributed by atoms with Crippen molar-refractivity contribution in [2.45, 2.75) is 31.8 Å². The fourth-order valence-electron chi connectivity index (χ4n) is 1.71. The number of aliphatic carboxylic acids is 1. The van der Waals surface area contributed by atoms with Crippen molar-refractivity contribution in [3.8, 4) is 0 Å². The van der Waals surface area contributed by atoms with E-state index in [1.807, 2.05) is 0 Å². The molecule has 1 aliphatic rings. The van der Waals surface area contributed by atoms with Crippen LogP contribution in [0.4, 0.5) is 0 Å². The molecule has 3 N–H and O–H groups in total. The average Bonchev–Trinajstić information content (AvgIpc) is 3.05. The number of aliphatic hydroxyl groups excluding tert-OH is 1. The van der Waals surface area contributed by atoms with Gasteiger partial charge in [0.15, 0.2) is 6.04 Å². The van der Waals surface area contributed by atoms with Crippen molar-refractivity contribution < 1.29 is 15.0 Å². The maximum Gasteiger partial charge on any atom is 0.327 e. The second kappa shape index (κ2) is 5.92. The molecule has 1 aromatic rings. The van der Waals surface area contributed by atoms with Crippen LogP contribution in [-0.2, 0) is 11.3 Å². The van der Waals surface area contributed by atoms with E-state index < -0.39 is 12.0 Å². The minimum atomic E-state index is -0.940. The lowest BCUT2D eigenvalue weighted by molar-refractivity contribution is -0.139. The third-order valence-corrected chi connectivity index (χ3v) is 2.95. The van der Waals surface area contributed by atoms with Crippen LogP contribution in [0, 0.1) is 5.92 Å². The van der Waals surface area contributed by atoms with E-state index in [0.717, 1.165) is 0 Å². The van der Waals surface area contributed by atoms with Crippen LogP contribution in [0.15, 0.2) is 6.20 Å². The molecule has 0 bridgehead atoms. The Labute approximate surface area is 105 Å². The van der Waals surface area contributed by atoms with Gasteiger partial charge in [0.1, 0.15) is 5.69 Å². The van der Waals surface area contributed by atoms with E-state index in [1.165, 1.54) is 12.8 Å². The fourth-order valence-corrected chi connectivity index (χ4v) is 1.71. The van der Waals surface area contributed by atoms with Crippen LogP contribution >= 0.6 is 0 Å². The molecule has 0 spiro atoms. The summed E-state index contributed by atoms with van der Waals surface area (Å²) in [5.41, 5.74) is 0.418. The van der Waals surface area contributed by atoms with Crippen molar-refractivity contribution in [2.75, 3.05) is 13.2 Å². The summed E-state index contributed by atoms with van der Waals surface area (Å²) in [5.74, 6) is -0.332. The van der Waals surface area contributed by atoms with Crippen molar-refractivity contribution in [1.29, 1.82) is 0 Å². The lowest BCUT2D eigenvalue weighted by Crippen LogP contribution is -2.30. The smallest absolute Gasteiger partial charge is 0.327 e. The zero-order chi connectivity index (χ0) is 13.0. The number of hydrogen-bond acceptors (Lipinski definition) is 5. The first-order chi connectivity index (χ1) is 8.70. The predicted octanol–water partition coefficient (Wildman–Crippen LogP) is -0.214. The summed E-state index contributed by atoms with van der Waals surface area (Å²) in [6.45, 7) is 1.33. The van der Waals surface area contributed by atoms with Gasteiger partial charge in [0, 0.05) is 13.2 Å². The lowest BCUT2D eigenvalue weighted by Gasteiger charge is -2.10. The first kappa shape index (κ1) is 13.0. The van der Waals surface area contributed by atoms with Crippen LogP contribution < -0.4 is 5.32 Å². The van der Waals surface area contributed by atoms with Gasteiger partial charge >= 0.3 is 5.97 Å². The monoisotopic (exact) mass is 254 g/mol. The summed E-state index contributed by atoms with van der Waals surface area (Å²) in [6, 6.07) is -0.798. The second-order valence-electron chi connectivity index (χ2n) is 4.61. The van der Waals surface area contributed by atoms with Gasteiger partial charge in [-0.2, -0.15) is 0 Å². The van der Waals surface area contributed by atoms with Crippen LogP contribution in [-0.4, -0.2) is 44.3 Å².